The molecule has 3 heterocycles. The minimum atomic E-state index is -0.597. The molecule has 132 valence electrons. The van der Waals surface area contributed by atoms with Crippen molar-refractivity contribution in [1.82, 2.24) is 19.7 Å². The molecule has 1 saturated heterocycles. The molecular formula is C19H19N5O2. The molecule has 26 heavy (non-hydrogen) atoms. The van der Waals surface area contributed by atoms with Crippen LogP contribution in [0.15, 0.2) is 61.2 Å². The number of anilines is 1. The zero-order chi connectivity index (χ0) is 17.8. The summed E-state index contributed by atoms with van der Waals surface area (Å²) in [5.41, 5.74) is 0.975. The number of carbonyl (C=O) groups excluding carboxylic acids is 1. The van der Waals surface area contributed by atoms with E-state index in [1.165, 1.54) is 0 Å². The van der Waals surface area contributed by atoms with Gasteiger partial charge in [0.05, 0.1) is 23.5 Å². The van der Waals surface area contributed by atoms with Crippen LogP contribution in [0, 0.1) is 0 Å². The molecule has 0 aliphatic carbocycles. The van der Waals surface area contributed by atoms with Crippen molar-refractivity contribution in [3.8, 4) is 5.95 Å². The molecule has 1 fully saturated rings. The number of amides is 1. The van der Waals surface area contributed by atoms with Gasteiger partial charge in [-0.2, -0.15) is 5.10 Å². The van der Waals surface area contributed by atoms with Gasteiger partial charge in [-0.15, -0.1) is 0 Å². The van der Waals surface area contributed by atoms with E-state index < -0.39 is 5.41 Å². The molecule has 1 N–H and O–H groups in total. The molecule has 7 nitrogen and oxygen atoms in total. The van der Waals surface area contributed by atoms with Gasteiger partial charge in [-0.3, -0.25) is 4.79 Å². The fourth-order valence-electron chi connectivity index (χ4n) is 3.27. The van der Waals surface area contributed by atoms with Gasteiger partial charge in [0.2, 0.25) is 5.91 Å². The fourth-order valence-corrected chi connectivity index (χ4v) is 3.27. The van der Waals surface area contributed by atoms with Crippen LogP contribution in [-0.2, 0) is 14.9 Å². The van der Waals surface area contributed by atoms with Crippen molar-refractivity contribution in [2.45, 2.75) is 18.3 Å². The number of hydrogen-bond donors (Lipinski definition) is 1. The Hall–Kier alpha value is -3.06. The zero-order valence-corrected chi connectivity index (χ0v) is 14.2. The lowest BCUT2D eigenvalue weighted by atomic mass is 9.73. The van der Waals surface area contributed by atoms with E-state index in [2.05, 4.69) is 20.4 Å². The van der Waals surface area contributed by atoms with Gasteiger partial charge in [0.15, 0.2) is 0 Å². The molecule has 2 aromatic heterocycles. The zero-order valence-electron chi connectivity index (χ0n) is 14.2. The van der Waals surface area contributed by atoms with Crippen LogP contribution in [-0.4, -0.2) is 38.9 Å². The lowest BCUT2D eigenvalue weighted by Crippen LogP contribution is -2.44. The lowest BCUT2D eigenvalue weighted by Gasteiger charge is -2.36. The lowest BCUT2D eigenvalue weighted by molar-refractivity contribution is -0.125. The van der Waals surface area contributed by atoms with E-state index in [1.54, 1.807) is 35.5 Å². The molecule has 0 unspecified atom stereocenters. The van der Waals surface area contributed by atoms with Crippen LogP contribution in [0.5, 0.6) is 0 Å². The molecular weight excluding hydrogens is 330 g/mol. The Morgan fingerprint density at radius 1 is 1.08 bits per heavy atom. The number of nitrogens with one attached hydrogen (secondary N) is 1. The Balaban J connectivity index is 1.57. The van der Waals surface area contributed by atoms with Crippen molar-refractivity contribution in [2.24, 2.45) is 0 Å². The third kappa shape index (κ3) is 3.09. The predicted molar refractivity (Wildman–Crippen MR) is 96.0 cm³/mol. The van der Waals surface area contributed by atoms with Crippen molar-refractivity contribution in [3.05, 3.63) is 66.7 Å². The first-order valence-electron chi connectivity index (χ1n) is 8.55. The Kier molecular flexibility index (Phi) is 4.45. The van der Waals surface area contributed by atoms with E-state index in [0.29, 0.717) is 37.7 Å². The number of aromatic nitrogens is 4. The molecule has 0 saturated carbocycles. The molecule has 7 heteroatoms. The standard InChI is InChI=1S/C19H19N5O2/c25-17(19(7-11-26-12-8-19)15-5-2-1-3-6-15)23-16-13-20-18(21-14-16)24-10-4-9-22-24/h1-6,9-10,13-14H,7-8,11-12H2,(H,23,25). The highest BCUT2D eigenvalue weighted by atomic mass is 16.5. The average molecular weight is 349 g/mol. The summed E-state index contributed by atoms with van der Waals surface area (Å²) < 4.78 is 7.05. The van der Waals surface area contributed by atoms with Crippen LogP contribution in [0.25, 0.3) is 5.95 Å². The van der Waals surface area contributed by atoms with Gasteiger partial charge in [0.25, 0.3) is 5.95 Å². The summed E-state index contributed by atoms with van der Waals surface area (Å²) in [7, 11) is 0. The van der Waals surface area contributed by atoms with Crippen LogP contribution in [0.4, 0.5) is 5.69 Å². The van der Waals surface area contributed by atoms with Gasteiger partial charge in [-0.1, -0.05) is 30.3 Å². The van der Waals surface area contributed by atoms with E-state index >= 15 is 0 Å². The maximum atomic E-state index is 13.2. The summed E-state index contributed by atoms with van der Waals surface area (Å²) in [4.78, 5) is 21.7. The van der Waals surface area contributed by atoms with E-state index in [9.17, 15) is 4.79 Å². The molecule has 1 aromatic carbocycles. The predicted octanol–water partition coefficient (Wildman–Crippen LogP) is 2.35. The first kappa shape index (κ1) is 16.4. The van der Waals surface area contributed by atoms with Crippen molar-refractivity contribution < 1.29 is 9.53 Å². The molecule has 1 amide bonds. The van der Waals surface area contributed by atoms with E-state index in [-0.39, 0.29) is 5.91 Å². The molecule has 4 rings (SSSR count). The molecule has 0 atom stereocenters. The number of carbonyl (C=O) groups is 1. The molecule has 0 radical (unpaired) electrons. The Morgan fingerprint density at radius 2 is 1.81 bits per heavy atom. The Bertz CT molecular complexity index is 857. The number of benzene rings is 1. The minimum Gasteiger partial charge on any atom is -0.381 e. The normalized spacial score (nSPS) is 16.2. The summed E-state index contributed by atoms with van der Waals surface area (Å²) >= 11 is 0. The van der Waals surface area contributed by atoms with Crippen LogP contribution < -0.4 is 5.32 Å². The van der Waals surface area contributed by atoms with E-state index in [1.807, 2.05) is 30.3 Å². The number of nitrogens with zero attached hydrogens (tertiary/aromatic N) is 4. The second kappa shape index (κ2) is 7.05. The van der Waals surface area contributed by atoms with Gasteiger partial charge in [-0.05, 0) is 24.5 Å². The smallest absolute Gasteiger partial charge is 0.250 e. The molecule has 0 bridgehead atoms. The van der Waals surface area contributed by atoms with Crippen molar-refractivity contribution in [2.75, 3.05) is 18.5 Å². The summed E-state index contributed by atoms with van der Waals surface area (Å²) in [5.74, 6) is 0.402. The summed E-state index contributed by atoms with van der Waals surface area (Å²) in [6, 6.07) is 11.7. The van der Waals surface area contributed by atoms with Crippen molar-refractivity contribution in [1.29, 1.82) is 0 Å². The largest absolute Gasteiger partial charge is 0.381 e. The number of rotatable bonds is 4. The first-order chi connectivity index (χ1) is 12.8. The first-order valence-corrected chi connectivity index (χ1v) is 8.55. The average Bonchev–Trinajstić information content (AvgIpc) is 3.24. The third-order valence-electron chi connectivity index (χ3n) is 4.71. The van der Waals surface area contributed by atoms with Crippen molar-refractivity contribution in [3.63, 3.8) is 0 Å². The van der Waals surface area contributed by atoms with Gasteiger partial charge < -0.3 is 10.1 Å². The highest BCUT2D eigenvalue weighted by molar-refractivity contribution is 5.99. The topological polar surface area (TPSA) is 81.9 Å². The van der Waals surface area contributed by atoms with Gasteiger partial charge >= 0.3 is 0 Å². The number of ether oxygens (including phenoxy) is 1. The van der Waals surface area contributed by atoms with Gasteiger partial charge in [0.1, 0.15) is 0 Å². The summed E-state index contributed by atoms with van der Waals surface area (Å²) in [5, 5.41) is 7.07. The molecule has 1 aliphatic heterocycles. The summed E-state index contributed by atoms with van der Waals surface area (Å²) in [6.07, 6.45) is 7.91. The Labute approximate surface area is 151 Å². The van der Waals surface area contributed by atoms with Crippen LogP contribution >= 0.6 is 0 Å². The Morgan fingerprint density at radius 3 is 2.46 bits per heavy atom. The highest BCUT2D eigenvalue weighted by Gasteiger charge is 2.41. The molecule has 3 aromatic rings. The molecule has 0 spiro atoms. The maximum absolute atomic E-state index is 13.2. The maximum Gasteiger partial charge on any atom is 0.250 e. The van der Waals surface area contributed by atoms with Crippen LogP contribution in [0.3, 0.4) is 0 Å². The van der Waals surface area contributed by atoms with E-state index in [0.717, 1.165) is 5.56 Å². The second-order valence-corrected chi connectivity index (χ2v) is 6.24. The van der Waals surface area contributed by atoms with E-state index in [4.69, 9.17) is 4.74 Å². The van der Waals surface area contributed by atoms with Crippen LogP contribution in [0.2, 0.25) is 0 Å². The second-order valence-electron chi connectivity index (χ2n) is 6.24. The van der Waals surface area contributed by atoms with Crippen molar-refractivity contribution >= 4 is 11.6 Å². The SMILES string of the molecule is O=C(Nc1cnc(-n2cccn2)nc1)C1(c2ccccc2)CCOCC1. The van der Waals surface area contributed by atoms with Gasteiger partial charge in [-0.25, -0.2) is 14.6 Å². The monoisotopic (exact) mass is 349 g/mol. The molecule has 1 aliphatic rings. The van der Waals surface area contributed by atoms with Gasteiger partial charge in [0, 0.05) is 25.6 Å². The summed E-state index contributed by atoms with van der Waals surface area (Å²) in [6.45, 7) is 1.13. The number of hydrogen-bond acceptors (Lipinski definition) is 5. The fraction of sp³-hybridized carbons (Fsp3) is 0.263. The third-order valence-corrected chi connectivity index (χ3v) is 4.71. The quantitative estimate of drug-likeness (QED) is 0.782. The minimum absolute atomic E-state index is 0.0533. The highest BCUT2D eigenvalue weighted by Crippen LogP contribution is 2.36. The van der Waals surface area contributed by atoms with Crippen LogP contribution in [0.1, 0.15) is 18.4 Å².